The van der Waals surface area contributed by atoms with E-state index in [1.807, 2.05) is 42.5 Å². The molecular formula is C22H27N3O4. The van der Waals surface area contributed by atoms with Crippen LogP contribution in [0.4, 0.5) is 10.5 Å². The maximum atomic E-state index is 12.6. The van der Waals surface area contributed by atoms with Gasteiger partial charge < -0.3 is 24.6 Å². The van der Waals surface area contributed by atoms with Gasteiger partial charge in [0, 0.05) is 38.3 Å². The van der Waals surface area contributed by atoms with E-state index in [9.17, 15) is 9.59 Å². The summed E-state index contributed by atoms with van der Waals surface area (Å²) >= 11 is 0. The second-order valence-electron chi connectivity index (χ2n) is 6.68. The van der Waals surface area contributed by atoms with Gasteiger partial charge in [-0.2, -0.15) is 0 Å². The monoisotopic (exact) mass is 397 g/mol. The Hall–Kier alpha value is -3.22. The van der Waals surface area contributed by atoms with Crippen LogP contribution in [0.15, 0.2) is 48.5 Å². The fraction of sp³-hybridized carbons (Fsp3) is 0.364. The number of anilines is 1. The van der Waals surface area contributed by atoms with E-state index >= 15 is 0 Å². The molecule has 1 saturated heterocycles. The summed E-state index contributed by atoms with van der Waals surface area (Å²) < 4.78 is 10.5. The first kappa shape index (κ1) is 20.5. The molecule has 1 heterocycles. The molecule has 2 aromatic rings. The number of carbonyl (C=O) groups is 2. The van der Waals surface area contributed by atoms with E-state index in [4.69, 9.17) is 9.47 Å². The minimum absolute atomic E-state index is 0.103. The number of amides is 2. The first-order valence-corrected chi connectivity index (χ1v) is 9.79. The summed E-state index contributed by atoms with van der Waals surface area (Å²) in [6.07, 6.45) is 0. The molecule has 29 heavy (non-hydrogen) atoms. The van der Waals surface area contributed by atoms with Gasteiger partial charge in [0.25, 0.3) is 0 Å². The summed E-state index contributed by atoms with van der Waals surface area (Å²) in [6, 6.07) is 15.0. The molecule has 1 aliphatic rings. The van der Waals surface area contributed by atoms with Crippen LogP contribution in [0.5, 0.6) is 5.75 Å². The molecule has 0 atom stereocenters. The van der Waals surface area contributed by atoms with Crippen molar-refractivity contribution < 1.29 is 19.1 Å². The van der Waals surface area contributed by atoms with E-state index in [1.54, 1.807) is 25.0 Å². The second kappa shape index (κ2) is 9.82. The highest BCUT2D eigenvalue weighted by molar-refractivity contribution is 5.96. The lowest BCUT2D eigenvalue weighted by Crippen LogP contribution is -2.52. The van der Waals surface area contributed by atoms with Gasteiger partial charge in [0.05, 0.1) is 25.0 Å². The van der Waals surface area contributed by atoms with E-state index in [0.29, 0.717) is 44.9 Å². The number of ether oxygens (including phenoxy) is 2. The molecule has 0 radical (unpaired) electrons. The van der Waals surface area contributed by atoms with Crippen molar-refractivity contribution in [3.63, 3.8) is 0 Å². The lowest BCUT2D eigenvalue weighted by atomic mass is 10.1. The van der Waals surface area contributed by atoms with Crippen LogP contribution in [0.3, 0.4) is 0 Å². The van der Waals surface area contributed by atoms with E-state index < -0.39 is 0 Å². The average molecular weight is 397 g/mol. The van der Waals surface area contributed by atoms with Gasteiger partial charge in [-0.25, -0.2) is 9.59 Å². The lowest BCUT2D eigenvalue weighted by molar-refractivity contribution is 0.0527. The summed E-state index contributed by atoms with van der Waals surface area (Å²) in [5.41, 5.74) is 2.34. The minimum atomic E-state index is -0.319. The summed E-state index contributed by atoms with van der Waals surface area (Å²) in [6.45, 7) is 5.01. The molecule has 1 fully saturated rings. The molecule has 7 nitrogen and oxygen atoms in total. The number of urea groups is 1. The Balaban J connectivity index is 1.57. The molecule has 3 rings (SSSR count). The van der Waals surface area contributed by atoms with Crippen molar-refractivity contribution in [1.29, 1.82) is 0 Å². The lowest BCUT2D eigenvalue weighted by Gasteiger charge is -2.36. The second-order valence-corrected chi connectivity index (χ2v) is 6.68. The molecule has 2 aromatic carbocycles. The van der Waals surface area contributed by atoms with Crippen molar-refractivity contribution in [3.05, 3.63) is 59.7 Å². The van der Waals surface area contributed by atoms with Crippen LogP contribution in [0, 0.1) is 0 Å². The van der Waals surface area contributed by atoms with Crippen molar-refractivity contribution in [1.82, 2.24) is 10.2 Å². The Bertz CT molecular complexity index is 847. The fourth-order valence-electron chi connectivity index (χ4n) is 3.41. The standard InChI is InChI=1S/C22H27N3O4/c1-3-29-21(26)18-9-5-6-10-19(18)24-12-14-25(15-13-24)22(27)23-16-17-8-4-7-11-20(17)28-2/h4-11H,3,12-16H2,1-2H3,(H,23,27). The van der Waals surface area contributed by atoms with Gasteiger partial charge in [0.2, 0.25) is 0 Å². The topological polar surface area (TPSA) is 71.1 Å². The molecule has 2 amide bonds. The van der Waals surface area contributed by atoms with Crippen LogP contribution in [-0.2, 0) is 11.3 Å². The van der Waals surface area contributed by atoms with Crippen LogP contribution in [0.1, 0.15) is 22.8 Å². The highest BCUT2D eigenvalue weighted by Gasteiger charge is 2.24. The highest BCUT2D eigenvalue weighted by Crippen LogP contribution is 2.23. The van der Waals surface area contributed by atoms with Gasteiger partial charge in [-0.05, 0) is 25.1 Å². The Morgan fingerprint density at radius 3 is 2.41 bits per heavy atom. The largest absolute Gasteiger partial charge is 0.496 e. The van der Waals surface area contributed by atoms with Crippen LogP contribution in [0.25, 0.3) is 0 Å². The molecular weight excluding hydrogens is 370 g/mol. The van der Waals surface area contributed by atoms with E-state index in [-0.39, 0.29) is 12.0 Å². The first-order chi connectivity index (χ1) is 14.1. The van der Waals surface area contributed by atoms with Crippen molar-refractivity contribution >= 4 is 17.7 Å². The molecule has 154 valence electrons. The minimum Gasteiger partial charge on any atom is -0.496 e. The van der Waals surface area contributed by atoms with Crippen molar-refractivity contribution in [2.24, 2.45) is 0 Å². The molecule has 0 aromatic heterocycles. The van der Waals surface area contributed by atoms with Crippen LogP contribution in [0.2, 0.25) is 0 Å². The zero-order valence-electron chi connectivity index (χ0n) is 16.9. The van der Waals surface area contributed by atoms with E-state index in [1.165, 1.54) is 0 Å². The number of carbonyl (C=O) groups excluding carboxylic acids is 2. The van der Waals surface area contributed by atoms with Gasteiger partial charge in [0.15, 0.2) is 0 Å². The number of esters is 1. The summed E-state index contributed by atoms with van der Waals surface area (Å²) in [7, 11) is 1.62. The van der Waals surface area contributed by atoms with Gasteiger partial charge in [0.1, 0.15) is 5.75 Å². The zero-order chi connectivity index (χ0) is 20.6. The predicted octanol–water partition coefficient (Wildman–Crippen LogP) is 2.90. The first-order valence-electron chi connectivity index (χ1n) is 9.79. The number of hydrogen-bond donors (Lipinski definition) is 1. The number of rotatable bonds is 6. The van der Waals surface area contributed by atoms with Crippen LogP contribution < -0.4 is 15.0 Å². The van der Waals surface area contributed by atoms with Gasteiger partial charge in [-0.3, -0.25) is 0 Å². The third-order valence-corrected chi connectivity index (χ3v) is 4.93. The summed E-state index contributed by atoms with van der Waals surface area (Å²) in [5.74, 6) is 0.438. The van der Waals surface area contributed by atoms with E-state index in [2.05, 4.69) is 10.2 Å². The van der Waals surface area contributed by atoms with Crippen molar-refractivity contribution in [3.8, 4) is 5.75 Å². The maximum Gasteiger partial charge on any atom is 0.340 e. The Kier molecular flexibility index (Phi) is 6.94. The van der Waals surface area contributed by atoms with E-state index in [0.717, 1.165) is 17.0 Å². The molecule has 1 aliphatic heterocycles. The maximum absolute atomic E-state index is 12.6. The Labute approximate surface area is 171 Å². The molecule has 0 bridgehead atoms. The Morgan fingerprint density at radius 2 is 1.69 bits per heavy atom. The predicted molar refractivity (Wildman–Crippen MR) is 111 cm³/mol. The average Bonchev–Trinajstić information content (AvgIpc) is 2.78. The van der Waals surface area contributed by atoms with Crippen molar-refractivity contribution in [2.45, 2.75) is 13.5 Å². The molecule has 0 saturated carbocycles. The fourth-order valence-corrected chi connectivity index (χ4v) is 3.41. The molecule has 0 aliphatic carbocycles. The summed E-state index contributed by atoms with van der Waals surface area (Å²) in [4.78, 5) is 28.7. The van der Waals surface area contributed by atoms with Crippen molar-refractivity contribution in [2.75, 3.05) is 44.8 Å². The van der Waals surface area contributed by atoms with Gasteiger partial charge in [-0.15, -0.1) is 0 Å². The van der Waals surface area contributed by atoms with Crippen LogP contribution >= 0.6 is 0 Å². The smallest absolute Gasteiger partial charge is 0.340 e. The Morgan fingerprint density at radius 1 is 1.00 bits per heavy atom. The molecule has 1 N–H and O–H groups in total. The quantitative estimate of drug-likeness (QED) is 0.759. The number of para-hydroxylation sites is 2. The number of nitrogens with zero attached hydrogens (tertiary/aromatic N) is 2. The normalized spacial score (nSPS) is 13.7. The number of hydrogen-bond acceptors (Lipinski definition) is 5. The van der Waals surface area contributed by atoms with Gasteiger partial charge in [-0.1, -0.05) is 30.3 Å². The number of methoxy groups -OCH3 is 1. The third-order valence-electron chi connectivity index (χ3n) is 4.93. The SMILES string of the molecule is CCOC(=O)c1ccccc1N1CCN(C(=O)NCc2ccccc2OC)CC1. The zero-order valence-corrected chi connectivity index (χ0v) is 16.9. The van der Waals surface area contributed by atoms with Crippen LogP contribution in [-0.4, -0.2) is 56.8 Å². The molecule has 0 unspecified atom stereocenters. The molecule has 0 spiro atoms. The molecule has 7 heteroatoms. The van der Waals surface area contributed by atoms with Gasteiger partial charge >= 0.3 is 12.0 Å². The number of nitrogens with one attached hydrogen (secondary N) is 1. The number of benzene rings is 2. The third kappa shape index (κ3) is 4.99. The highest BCUT2D eigenvalue weighted by atomic mass is 16.5. The summed E-state index contributed by atoms with van der Waals surface area (Å²) in [5, 5.41) is 2.96. The number of piperazine rings is 1.